The lowest BCUT2D eigenvalue weighted by Crippen LogP contribution is -2.39. The van der Waals surface area contributed by atoms with Crippen molar-refractivity contribution in [2.75, 3.05) is 5.32 Å². The highest BCUT2D eigenvalue weighted by atomic mass is 16.2. The summed E-state index contributed by atoms with van der Waals surface area (Å²) < 4.78 is 3.85. The van der Waals surface area contributed by atoms with Crippen LogP contribution in [0.2, 0.25) is 0 Å². The van der Waals surface area contributed by atoms with Crippen LogP contribution in [0, 0.1) is 6.92 Å². The molecular weight excluding hydrogens is 248 g/mol. The number of nitrogens with zero attached hydrogens (tertiary/aromatic N) is 5. The highest BCUT2D eigenvalue weighted by molar-refractivity contribution is 5.32. The number of aryl methyl sites for hydroxylation is 3. The van der Waals surface area contributed by atoms with Crippen LogP contribution in [-0.2, 0) is 27.7 Å². The van der Waals surface area contributed by atoms with Crippen LogP contribution in [0.15, 0.2) is 15.8 Å². The molecule has 19 heavy (non-hydrogen) atoms. The van der Waals surface area contributed by atoms with Crippen LogP contribution < -0.4 is 16.6 Å². The van der Waals surface area contributed by atoms with Crippen LogP contribution in [-0.4, -0.2) is 24.1 Å². The largest absolute Gasteiger partial charge is 0.360 e. The fourth-order valence-electron chi connectivity index (χ4n) is 1.81. The molecule has 2 aromatic heterocycles. The monoisotopic (exact) mass is 264 g/mol. The maximum absolute atomic E-state index is 11.9. The summed E-state index contributed by atoms with van der Waals surface area (Å²) in [4.78, 5) is 23.4. The molecule has 0 atom stereocenters. The highest BCUT2D eigenvalue weighted by Crippen LogP contribution is 2.05. The lowest BCUT2D eigenvalue weighted by molar-refractivity contribution is 0.604. The van der Waals surface area contributed by atoms with E-state index in [1.165, 1.54) is 14.1 Å². The van der Waals surface area contributed by atoms with E-state index in [1.54, 1.807) is 4.68 Å². The van der Waals surface area contributed by atoms with E-state index in [-0.39, 0.29) is 5.82 Å². The molecule has 0 bridgehead atoms. The van der Waals surface area contributed by atoms with Crippen molar-refractivity contribution < 1.29 is 0 Å². The van der Waals surface area contributed by atoms with E-state index in [2.05, 4.69) is 15.5 Å². The summed E-state index contributed by atoms with van der Waals surface area (Å²) in [6.45, 7) is 2.32. The van der Waals surface area contributed by atoms with Gasteiger partial charge in [-0.25, -0.2) is 9.48 Å². The Bertz CT molecular complexity index is 724. The summed E-state index contributed by atoms with van der Waals surface area (Å²) in [7, 11) is 4.76. The molecule has 8 heteroatoms. The van der Waals surface area contributed by atoms with Crippen LogP contribution in [0.25, 0.3) is 0 Å². The maximum atomic E-state index is 11.9. The van der Waals surface area contributed by atoms with Crippen LogP contribution in [0.1, 0.15) is 11.3 Å². The van der Waals surface area contributed by atoms with Crippen molar-refractivity contribution in [3.8, 4) is 0 Å². The lowest BCUT2D eigenvalue weighted by atomic mass is 10.2. The number of aromatic nitrogens is 5. The second-order valence-electron chi connectivity index (χ2n) is 4.39. The minimum absolute atomic E-state index is 0.146. The van der Waals surface area contributed by atoms with Crippen molar-refractivity contribution in [3.63, 3.8) is 0 Å². The van der Waals surface area contributed by atoms with Gasteiger partial charge in [-0.15, -0.1) is 5.10 Å². The minimum atomic E-state index is -0.451. The zero-order chi connectivity index (χ0) is 14.2. The van der Waals surface area contributed by atoms with Crippen LogP contribution >= 0.6 is 0 Å². The topological polar surface area (TPSA) is 86.7 Å². The van der Waals surface area contributed by atoms with Gasteiger partial charge in [0, 0.05) is 39.4 Å². The third-order valence-corrected chi connectivity index (χ3v) is 2.88. The second-order valence-corrected chi connectivity index (χ2v) is 4.39. The first-order chi connectivity index (χ1) is 8.90. The molecule has 0 fully saturated rings. The van der Waals surface area contributed by atoms with Gasteiger partial charge in [0.15, 0.2) is 0 Å². The predicted molar refractivity (Wildman–Crippen MR) is 70.0 cm³/mol. The van der Waals surface area contributed by atoms with Gasteiger partial charge in [-0.05, 0) is 6.92 Å². The summed E-state index contributed by atoms with van der Waals surface area (Å²) in [6.07, 6.45) is 1.87. The molecule has 0 spiro atoms. The summed E-state index contributed by atoms with van der Waals surface area (Å²) in [5.41, 5.74) is 0.967. The molecular formula is C11H16N6O2. The predicted octanol–water partition coefficient (Wildman–Crippen LogP) is -0.867. The number of hydrogen-bond acceptors (Lipinski definition) is 5. The van der Waals surface area contributed by atoms with Gasteiger partial charge in [0.25, 0.3) is 5.56 Å². The lowest BCUT2D eigenvalue weighted by Gasteiger charge is -2.07. The van der Waals surface area contributed by atoms with E-state index in [4.69, 9.17) is 0 Å². The van der Waals surface area contributed by atoms with E-state index in [0.717, 1.165) is 20.5 Å². The standard InChI is InChI=1S/C11H16N6O2/c1-7-8(6-15(2)13-7)5-12-9-10(18)16(3)11(19)17(4)14-9/h6H,5H2,1-4H3,(H,12,14). The summed E-state index contributed by atoms with van der Waals surface area (Å²) in [6, 6.07) is 0. The molecule has 2 aromatic rings. The van der Waals surface area contributed by atoms with E-state index < -0.39 is 11.2 Å². The molecule has 0 aliphatic carbocycles. The number of hydrogen-bond donors (Lipinski definition) is 1. The minimum Gasteiger partial charge on any atom is -0.360 e. The smallest absolute Gasteiger partial charge is 0.346 e. The number of rotatable bonds is 3. The third-order valence-electron chi connectivity index (χ3n) is 2.88. The molecule has 0 radical (unpaired) electrons. The molecule has 0 saturated heterocycles. The quantitative estimate of drug-likeness (QED) is 0.779. The van der Waals surface area contributed by atoms with Crippen molar-refractivity contribution in [1.82, 2.24) is 24.1 Å². The first kappa shape index (κ1) is 13.1. The molecule has 102 valence electrons. The van der Waals surface area contributed by atoms with Crippen molar-refractivity contribution in [2.45, 2.75) is 13.5 Å². The van der Waals surface area contributed by atoms with Gasteiger partial charge < -0.3 is 5.32 Å². The fraction of sp³-hybridized carbons (Fsp3) is 0.455. The van der Waals surface area contributed by atoms with Crippen molar-refractivity contribution in [3.05, 3.63) is 38.3 Å². The highest BCUT2D eigenvalue weighted by Gasteiger charge is 2.09. The Morgan fingerprint density at radius 1 is 1.21 bits per heavy atom. The molecule has 0 unspecified atom stereocenters. The third kappa shape index (κ3) is 2.42. The molecule has 8 nitrogen and oxygen atoms in total. The molecule has 1 N–H and O–H groups in total. The average molecular weight is 264 g/mol. The van der Waals surface area contributed by atoms with Gasteiger partial charge in [0.2, 0.25) is 5.82 Å². The van der Waals surface area contributed by atoms with Crippen molar-refractivity contribution in [2.24, 2.45) is 21.1 Å². The Morgan fingerprint density at radius 3 is 2.47 bits per heavy atom. The molecule has 0 aromatic carbocycles. The number of anilines is 1. The van der Waals surface area contributed by atoms with Gasteiger partial charge in [0.1, 0.15) is 0 Å². The Balaban J connectivity index is 2.28. The van der Waals surface area contributed by atoms with Crippen LogP contribution in [0.4, 0.5) is 5.82 Å². The normalized spacial score (nSPS) is 10.7. The molecule has 0 aliphatic heterocycles. The van der Waals surface area contributed by atoms with Crippen LogP contribution in [0.3, 0.4) is 0 Å². The van der Waals surface area contributed by atoms with Gasteiger partial charge in [-0.3, -0.25) is 14.0 Å². The Hall–Kier alpha value is -2.38. The molecule has 2 heterocycles. The zero-order valence-corrected chi connectivity index (χ0v) is 11.3. The Morgan fingerprint density at radius 2 is 1.89 bits per heavy atom. The van der Waals surface area contributed by atoms with Gasteiger partial charge >= 0.3 is 5.69 Å². The molecule has 2 rings (SSSR count). The van der Waals surface area contributed by atoms with E-state index >= 15 is 0 Å². The molecule has 0 saturated carbocycles. The maximum Gasteiger partial charge on any atom is 0.346 e. The first-order valence-corrected chi connectivity index (χ1v) is 5.77. The average Bonchev–Trinajstić information content (AvgIpc) is 2.68. The second kappa shape index (κ2) is 4.71. The summed E-state index contributed by atoms with van der Waals surface area (Å²) in [5.74, 6) is 0.146. The van der Waals surface area contributed by atoms with Crippen molar-refractivity contribution >= 4 is 5.82 Å². The van der Waals surface area contributed by atoms with Gasteiger partial charge in [-0.1, -0.05) is 0 Å². The summed E-state index contributed by atoms with van der Waals surface area (Å²) in [5, 5.41) is 11.1. The Kier molecular flexibility index (Phi) is 3.24. The Labute approximate surface area is 109 Å². The SMILES string of the molecule is Cc1nn(C)cc1CNc1nn(C)c(=O)n(C)c1=O. The van der Waals surface area contributed by atoms with Gasteiger partial charge in [-0.2, -0.15) is 5.10 Å². The fourth-order valence-corrected chi connectivity index (χ4v) is 1.81. The molecule has 0 aliphatic rings. The van der Waals surface area contributed by atoms with Crippen molar-refractivity contribution in [1.29, 1.82) is 0 Å². The zero-order valence-electron chi connectivity index (χ0n) is 11.3. The van der Waals surface area contributed by atoms with Gasteiger partial charge in [0.05, 0.1) is 5.69 Å². The van der Waals surface area contributed by atoms with E-state index in [0.29, 0.717) is 6.54 Å². The first-order valence-electron chi connectivity index (χ1n) is 5.77. The summed E-state index contributed by atoms with van der Waals surface area (Å²) >= 11 is 0. The molecule has 0 amide bonds. The number of nitrogens with one attached hydrogen (secondary N) is 1. The van der Waals surface area contributed by atoms with E-state index in [9.17, 15) is 9.59 Å². The van der Waals surface area contributed by atoms with E-state index in [1.807, 2.05) is 20.2 Å². The van der Waals surface area contributed by atoms with Crippen LogP contribution in [0.5, 0.6) is 0 Å².